The molecular weight excluding hydrogens is 1480 g/mol. The molecule has 0 fully saturated rings. The van der Waals surface area contributed by atoms with Crippen molar-refractivity contribution in [3.63, 3.8) is 0 Å². The molecule has 0 aliphatic carbocycles. The Labute approximate surface area is 466 Å². The van der Waals surface area contributed by atoms with Crippen molar-refractivity contribution >= 4 is 153 Å². The molecule has 1 aliphatic heterocycles. The molecule has 2 N–H and O–H groups in total. The van der Waals surface area contributed by atoms with Crippen LogP contribution in [0.4, 0.5) is 0 Å². The molecule has 0 aromatic heterocycles. The van der Waals surface area contributed by atoms with Crippen LogP contribution in [0.1, 0.15) is 174 Å². The van der Waals surface area contributed by atoms with Crippen molar-refractivity contribution in [1.82, 2.24) is 10.6 Å². The number of nitrogens with one attached hydrogen (secondary N) is 2. The van der Waals surface area contributed by atoms with E-state index in [0.717, 1.165) is 112 Å². The van der Waals surface area contributed by atoms with Crippen molar-refractivity contribution in [3.05, 3.63) is 79.1 Å². The van der Waals surface area contributed by atoms with Gasteiger partial charge in [-0.05, 0) is 260 Å². The van der Waals surface area contributed by atoms with Crippen LogP contribution in [-0.2, 0) is 11.2 Å². The zero-order valence-corrected chi connectivity index (χ0v) is 51.9. The van der Waals surface area contributed by atoms with Gasteiger partial charge in [0.15, 0.2) is 0 Å². The summed E-state index contributed by atoms with van der Waals surface area (Å²) >= 11 is 13.4. The van der Waals surface area contributed by atoms with E-state index in [-0.39, 0.29) is 17.4 Å². The Morgan fingerprint density at radius 1 is 0.672 bits per heavy atom. The number of rotatable bonds is 24. The number of amides is 2. The quantitative estimate of drug-likeness (QED) is 0.0306. The Morgan fingerprint density at radius 2 is 1.22 bits per heavy atom. The summed E-state index contributed by atoms with van der Waals surface area (Å²) in [5.41, 5.74) is 4.96. The minimum Gasteiger partial charge on any atom is -0.487 e. The van der Waals surface area contributed by atoms with Gasteiger partial charge in [-0.25, -0.2) is 4.79 Å². The number of benzene rings is 3. The Morgan fingerprint density at radius 3 is 1.81 bits per heavy atom. The fourth-order valence-corrected chi connectivity index (χ4v) is 13.4. The maximum Gasteiger partial charge on any atom is 0.334 e. The van der Waals surface area contributed by atoms with Gasteiger partial charge in [-0.2, -0.15) is 0 Å². The van der Waals surface area contributed by atoms with Gasteiger partial charge < -0.3 is 20.1 Å². The van der Waals surface area contributed by atoms with Crippen LogP contribution in [0.3, 0.4) is 0 Å². The Bertz CT molecular complexity index is 2090. The van der Waals surface area contributed by atoms with Crippen molar-refractivity contribution < 1.29 is 23.9 Å². The highest BCUT2D eigenvalue weighted by atomic mass is 127. The van der Waals surface area contributed by atoms with E-state index < -0.39 is 12.0 Å². The molecule has 0 spiro atoms. The molecule has 2 amide bonds. The van der Waals surface area contributed by atoms with E-state index in [4.69, 9.17) is 9.47 Å². The summed E-state index contributed by atoms with van der Waals surface area (Å²) in [6, 6.07) is 7.05. The highest BCUT2D eigenvalue weighted by molar-refractivity contribution is 14.1. The van der Waals surface area contributed by atoms with Gasteiger partial charge in [0.25, 0.3) is 11.8 Å². The zero-order chi connectivity index (χ0) is 47.3. The number of hydrogen-bond donors (Lipinski definition) is 2. The highest BCUT2D eigenvalue weighted by Gasteiger charge is 2.35. The maximum absolute atomic E-state index is 14.3. The molecule has 1 aliphatic rings. The van der Waals surface area contributed by atoms with Crippen LogP contribution in [0.25, 0.3) is 0 Å². The minimum absolute atomic E-state index is 0.0615. The molecule has 0 saturated carbocycles. The Hall–Kier alpha value is 0.250. The molecule has 0 saturated heterocycles. The first-order valence-corrected chi connectivity index (χ1v) is 29.6. The lowest BCUT2D eigenvalue weighted by Crippen LogP contribution is -2.43. The third-order valence-electron chi connectivity index (χ3n) is 12.8. The summed E-state index contributed by atoms with van der Waals surface area (Å²) in [7, 11) is 0. The van der Waals surface area contributed by atoms with Crippen LogP contribution in [0.5, 0.6) is 11.5 Å². The molecule has 4 rings (SSSR count). The normalized spacial score (nSPS) is 16.2. The van der Waals surface area contributed by atoms with Gasteiger partial charge in [-0.15, -0.1) is 0 Å². The number of carbonyl (C=O) groups is 3. The topological polar surface area (TPSA) is 93.7 Å². The van der Waals surface area contributed by atoms with Gasteiger partial charge in [0.05, 0.1) is 11.1 Å². The number of hydrogen-bond acceptors (Lipinski definition) is 5. The largest absolute Gasteiger partial charge is 0.487 e. The SMILES string of the molecule is Cc1c(C)c2c(c(C)c1OC(=O)C(CCCCCCNC(=O)c1cc(I)cc(I)c1I)NC(=O)c1cc(I)cc(I)c1I)CCC(C)(CCCC(C)CCCC(C)CCCC(C)C)O2. The van der Waals surface area contributed by atoms with Gasteiger partial charge in [0, 0.05) is 33.5 Å². The third-order valence-corrected chi connectivity index (χ3v) is 20.1. The number of ether oxygens (including phenoxy) is 2. The van der Waals surface area contributed by atoms with E-state index in [1.54, 1.807) is 0 Å². The first-order valence-electron chi connectivity index (χ1n) is 23.1. The lowest BCUT2D eigenvalue weighted by Gasteiger charge is -2.38. The molecule has 7 nitrogen and oxygen atoms in total. The number of fused-ring (bicyclic) bond motifs is 1. The monoisotopic (exact) mass is 1550 g/mol. The highest BCUT2D eigenvalue weighted by Crippen LogP contribution is 2.45. The molecule has 4 unspecified atom stereocenters. The van der Waals surface area contributed by atoms with E-state index in [2.05, 4.69) is 194 Å². The maximum atomic E-state index is 14.3. The lowest BCUT2D eigenvalue weighted by atomic mass is 9.83. The first kappa shape index (κ1) is 56.8. The Kier molecular flexibility index (Phi) is 24.5. The molecule has 0 bridgehead atoms. The molecule has 4 atom stereocenters. The van der Waals surface area contributed by atoms with Gasteiger partial charge in [-0.1, -0.05) is 91.9 Å². The zero-order valence-electron chi connectivity index (χ0n) is 38.9. The van der Waals surface area contributed by atoms with Gasteiger partial charge in [-0.3, -0.25) is 9.59 Å². The summed E-state index contributed by atoms with van der Waals surface area (Å²) in [4.78, 5) is 41.0. The Balaban J connectivity index is 1.37. The third kappa shape index (κ3) is 17.3. The van der Waals surface area contributed by atoms with Crippen molar-refractivity contribution in [2.45, 2.75) is 170 Å². The van der Waals surface area contributed by atoms with Crippen LogP contribution in [0.15, 0.2) is 24.3 Å². The number of unbranched alkanes of at least 4 members (excludes halogenated alkanes) is 3. The number of halogens is 6. The summed E-state index contributed by atoms with van der Waals surface area (Å²) < 4.78 is 19.1. The predicted molar refractivity (Wildman–Crippen MR) is 314 cm³/mol. The van der Waals surface area contributed by atoms with Crippen molar-refractivity contribution in [3.8, 4) is 11.5 Å². The molecule has 13 heteroatoms. The molecule has 64 heavy (non-hydrogen) atoms. The van der Waals surface area contributed by atoms with E-state index in [1.807, 2.05) is 32.0 Å². The number of esters is 1. The smallest absolute Gasteiger partial charge is 0.334 e. The second-order valence-corrected chi connectivity index (χ2v) is 25.8. The van der Waals surface area contributed by atoms with E-state index in [9.17, 15) is 14.4 Å². The molecule has 3 aromatic rings. The minimum atomic E-state index is -0.834. The standard InChI is InChI=1S/C51H68I6N2O5/c1-30(2)16-13-17-31(3)18-14-19-32(4)20-15-23-51(8)24-22-38-35(7)46(33(5)34(6)47(38)64-51)63-50(62)43(59-49(61)40-27-37(53)29-42(55)45(40)57)21-11-9-10-12-25-58-48(60)39-26-36(52)28-41(54)44(39)56/h26-32,43H,9-25H2,1-8H3,(H,58,60)(H,59,61). The molecule has 0 radical (unpaired) electrons. The van der Waals surface area contributed by atoms with Crippen molar-refractivity contribution in [1.29, 1.82) is 0 Å². The summed E-state index contributed by atoms with van der Waals surface area (Å²) in [6.07, 6.45) is 16.9. The van der Waals surface area contributed by atoms with Gasteiger partial charge in [0.2, 0.25) is 0 Å². The number of carbonyl (C=O) groups excluding carboxylic acids is 3. The van der Waals surface area contributed by atoms with E-state index in [1.165, 1.54) is 44.9 Å². The first-order chi connectivity index (χ1) is 30.2. The van der Waals surface area contributed by atoms with Crippen LogP contribution in [0, 0.1) is 59.9 Å². The van der Waals surface area contributed by atoms with Gasteiger partial charge >= 0.3 is 5.97 Å². The summed E-state index contributed by atoms with van der Waals surface area (Å²) in [5, 5.41) is 6.14. The molecule has 354 valence electrons. The summed E-state index contributed by atoms with van der Waals surface area (Å²) in [5.74, 6) is 3.06. The van der Waals surface area contributed by atoms with Crippen molar-refractivity contribution in [2.24, 2.45) is 17.8 Å². The second kappa shape index (κ2) is 27.6. The average Bonchev–Trinajstić information content (AvgIpc) is 3.22. The molecule has 1 heterocycles. The van der Waals surface area contributed by atoms with Crippen LogP contribution < -0.4 is 20.1 Å². The fraction of sp³-hybridized carbons (Fsp3) is 0.588. The second-order valence-electron chi connectivity index (χ2n) is 18.8. The van der Waals surface area contributed by atoms with Crippen molar-refractivity contribution in [2.75, 3.05) is 6.54 Å². The lowest BCUT2D eigenvalue weighted by molar-refractivity contribution is -0.136. The van der Waals surface area contributed by atoms with Crippen LogP contribution in [-0.4, -0.2) is 36.0 Å². The van der Waals surface area contributed by atoms with Crippen LogP contribution in [0.2, 0.25) is 0 Å². The molecular formula is C51H68I6N2O5. The summed E-state index contributed by atoms with van der Waals surface area (Å²) in [6.45, 7) is 18.5. The van der Waals surface area contributed by atoms with E-state index >= 15 is 0 Å². The average molecular weight is 1550 g/mol. The predicted octanol–water partition coefficient (Wildman–Crippen LogP) is 15.8. The van der Waals surface area contributed by atoms with Gasteiger partial charge in [0.1, 0.15) is 23.1 Å². The fourth-order valence-electron chi connectivity index (χ4n) is 8.64. The molecule has 3 aromatic carbocycles. The van der Waals surface area contributed by atoms with Crippen LogP contribution >= 0.6 is 136 Å². The van der Waals surface area contributed by atoms with E-state index in [0.29, 0.717) is 36.3 Å².